The molecule has 0 saturated carbocycles. The Morgan fingerprint density at radius 1 is 1.39 bits per heavy atom. The van der Waals surface area contributed by atoms with E-state index in [9.17, 15) is 17.6 Å². The van der Waals surface area contributed by atoms with Crippen molar-refractivity contribution in [1.29, 1.82) is 0 Å². The van der Waals surface area contributed by atoms with Gasteiger partial charge in [0.25, 0.3) is 0 Å². The van der Waals surface area contributed by atoms with Crippen LogP contribution in [0.3, 0.4) is 0 Å². The van der Waals surface area contributed by atoms with Gasteiger partial charge in [-0.2, -0.15) is 0 Å². The van der Waals surface area contributed by atoms with Gasteiger partial charge in [0.05, 0.1) is 11.9 Å². The molecule has 2 rings (SSSR count). The number of hydrogen-bond donors (Lipinski definition) is 1. The molecule has 0 spiro atoms. The second-order valence-electron chi connectivity index (χ2n) is 4.17. The summed E-state index contributed by atoms with van der Waals surface area (Å²) in [5.74, 6) is -0.920. The molecule has 1 aromatic rings. The van der Waals surface area contributed by atoms with Gasteiger partial charge in [0.2, 0.25) is 15.9 Å². The van der Waals surface area contributed by atoms with Crippen molar-refractivity contribution in [3.63, 3.8) is 0 Å². The van der Waals surface area contributed by atoms with Crippen molar-refractivity contribution < 1.29 is 17.6 Å². The molecule has 0 radical (unpaired) electrons. The van der Waals surface area contributed by atoms with Crippen LogP contribution in [0.1, 0.15) is 6.42 Å². The number of hydrogen-bond acceptors (Lipinski definition) is 3. The zero-order valence-corrected chi connectivity index (χ0v) is 10.6. The van der Waals surface area contributed by atoms with Crippen LogP contribution in [0.15, 0.2) is 24.3 Å². The van der Waals surface area contributed by atoms with E-state index in [-0.39, 0.29) is 5.69 Å². The molecule has 1 amide bonds. The zero-order valence-electron chi connectivity index (χ0n) is 9.76. The first-order valence-electron chi connectivity index (χ1n) is 5.42. The van der Waals surface area contributed by atoms with Crippen LogP contribution < -0.4 is 9.62 Å². The predicted molar refractivity (Wildman–Crippen MR) is 65.1 cm³/mol. The molecule has 1 atom stereocenters. The minimum atomic E-state index is -3.45. The first-order valence-corrected chi connectivity index (χ1v) is 7.31. The van der Waals surface area contributed by atoms with Gasteiger partial charge < -0.3 is 4.90 Å². The normalized spacial score (nSPS) is 20.4. The molecule has 1 aliphatic heterocycles. The maximum Gasteiger partial charge on any atom is 0.245 e. The highest BCUT2D eigenvalue weighted by Crippen LogP contribution is 2.24. The number of nitrogens with one attached hydrogen (secondary N) is 1. The van der Waals surface area contributed by atoms with Crippen molar-refractivity contribution in [2.45, 2.75) is 12.5 Å². The predicted octanol–water partition coefficient (Wildman–Crippen LogP) is 0.480. The number of nitrogens with zero attached hydrogens (tertiary/aromatic N) is 1. The third-order valence-electron chi connectivity index (χ3n) is 2.71. The third kappa shape index (κ3) is 2.68. The number of anilines is 1. The first kappa shape index (κ1) is 13.0. The summed E-state index contributed by atoms with van der Waals surface area (Å²) >= 11 is 0. The molecule has 0 unspecified atom stereocenters. The Bertz CT molecular complexity index is 573. The molecule has 1 fully saturated rings. The lowest BCUT2D eigenvalue weighted by atomic mass is 10.2. The van der Waals surface area contributed by atoms with Crippen molar-refractivity contribution >= 4 is 21.6 Å². The van der Waals surface area contributed by atoms with Crippen LogP contribution >= 0.6 is 0 Å². The summed E-state index contributed by atoms with van der Waals surface area (Å²) in [4.78, 5) is 13.2. The molecule has 0 aromatic heterocycles. The topological polar surface area (TPSA) is 66.5 Å². The maximum atomic E-state index is 13.5. The summed E-state index contributed by atoms with van der Waals surface area (Å²) in [6, 6.07) is 5.12. The van der Waals surface area contributed by atoms with Crippen molar-refractivity contribution in [2.75, 3.05) is 17.7 Å². The highest BCUT2D eigenvalue weighted by atomic mass is 32.2. The zero-order chi connectivity index (χ0) is 13.3. The number of rotatable bonds is 3. The van der Waals surface area contributed by atoms with Crippen LogP contribution in [0.25, 0.3) is 0 Å². The van der Waals surface area contributed by atoms with E-state index in [0.717, 1.165) is 6.26 Å². The van der Waals surface area contributed by atoms with E-state index in [4.69, 9.17) is 0 Å². The molecular formula is C11H13FN2O3S. The molecule has 0 aliphatic carbocycles. The SMILES string of the molecule is CS(=O)(=O)N[C@H]1CCN(c2ccccc2F)C1=O. The van der Waals surface area contributed by atoms with Gasteiger partial charge in [-0.15, -0.1) is 0 Å². The Balaban J connectivity index is 2.20. The summed E-state index contributed by atoms with van der Waals surface area (Å²) in [6.07, 6.45) is 1.33. The molecule has 1 heterocycles. The number of sulfonamides is 1. The average Bonchev–Trinajstić information content (AvgIpc) is 2.59. The number of benzene rings is 1. The van der Waals surface area contributed by atoms with Crippen LogP contribution in [-0.2, 0) is 14.8 Å². The fraction of sp³-hybridized carbons (Fsp3) is 0.364. The summed E-state index contributed by atoms with van der Waals surface area (Å²) in [7, 11) is -3.45. The van der Waals surface area contributed by atoms with Gasteiger partial charge in [-0.3, -0.25) is 4.79 Å². The van der Waals surface area contributed by atoms with Crippen LogP contribution in [0.2, 0.25) is 0 Å². The highest BCUT2D eigenvalue weighted by molar-refractivity contribution is 7.88. The van der Waals surface area contributed by atoms with Gasteiger partial charge in [0, 0.05) is 6.54 Å². The van der Waals surface area contributed by atoms with Crippen molar-refractivity contribution in [1.82, 2.24) is 4.72 Å². The lowest BCUT2D eigenvalue weighted by Gasteiger charge is -2.17. The quantitative estimate of drug-likeness (QED) is 0.870. The molecule has 7 heteroatoms. The minimum absolute atomic E-state index is 0.181. The van der Waals surface area contributed by atoms with Crippen LogP contribution in [0.5, 0.6) is 0 Å². The lowest BCUT2D eigenvalue weighted by molar-refractivity contribution is -0.118. The van der Waals surface area contributed by atoms with Crippen molar-refractivity contribution in [3.8, 4) is 0 Å². The van der Waals surface area contributed by atoms with E-state index in [1.54, 1.807) is 6.07 Å². The average molecular weight is 272 g/mol. The fourth-order valence-electron chi connectivity index (χ4n) is 1.96. The molecule has 1 aliphatic rings. The molecule has 5 nitrogen and oxygen atoms in total. The molecule has 1 N–H and O–H groups in total. The van der Waals surface area contributed by atoms with Crippen LogP contribution in [0.4, 0.5) is 10.1 Å². The van der Waals surface area contributed by atoms with Crippen LogP contribution in [-0.4, -0.2) is 33.2 Å². The third-order valence-corrected chi connectivity index (χ3v) is 3.42. The Morgan fingerprint density at radius 3 is 2.67 bits per heavy atom. The van der Waals surface area contributed by atoms with Gasteiger partial charge in [0.15, 0.2) is 0 Å². The van der Waals surface area contributed by atoms with Crippen LogP contribution in [0, 0.1) is 5.82 Å². The smallest absolute Gasteiger partial charge is 0.245 e. The van der Waals surface area contributed by atoms with E-state index >= 15 is 0 Å². The number of carbonyl (C=O) groups is 1. The summed E-state index contributed by atoms with van der Waals surface area (Å²) in [5, 5.41) is 0. The molecular weight excluding hydrogens is 259 g/mol. The van der Waals surface area contributed by atoms with Gasteiger partial charge in [0.1, 0.15) is 11.9 Å². The number of amides is 1. The fourth-order valence-corrected chi connectivity index (χ4v) is 2.69. The second kappa shape index (κ2) is 4.66. The van der Waals surface area contributed by atoms with Gasteiger partial charge in [-0.25, -0.2) is 17.5 Å². The van der Waals surface area contributed by atoms with Crippen molar-refractivity contribution in [2.24, 2.45) is 0 Å². The molecule has 1 aromatic carbocycles. The largest absolute Gasteiger partial charge is 0.308 e. The second-order valence-corrected chi connectivity index (χ2v) is 5.95. The van der Waals surface area contributed by atoms with Crippen molar-refractivity contribution in [3.05, 3.63) is 30.1 Å². The van der Waals surface area contributed by atoms with Gasteiger partial charge in [-0.1, -0.05) is 12.1 Å². The Kier molecular flexibility index (Phi) is 3.36. The molecule has 0 bridgehead atoms. The molecule has 18 heavy (non-hydrogen) atoms. The van der Waals surface area contributed by atoms with E-state index in [2.05, 4.69) is 4.72 Å². The summed E-state index contributed by atoms with van der Waals surface area (Å²) in [5.41, 5.74) is 0.181. The number of para-hydroxylation sites is 1. The minimum Gasteiger partial charge on any atom is -0.308 e. The monoisotopic (exact) mass is 272 g/mol. The lowest BCUT2D eigenvalue weighted by Crippen LogP contribution is -2.41. The number of halogens is 1. The number of carbonyl (C=O) groups excluding carboxylic acids is 1. The van der Waals surface area contributed by atoms with E-state index < -0.39 is 27.8 Å². The van der Waals surface area contributed by atoms with E-state index in [1.165, 1.54) is 23.1 Å². The Labute approximate surface area is 105 Å². The van der Waals surface area contributed by atoms with Gasteiger partial charge >= 0.3 is 0 Å². The Morgan fingerprint density at radius 2 is 2.06 bits per heavy atom. The summed E-state index contributed by atoms with van der Waals surface area (Å²) < 4.78 is 38.0. The summed E-state index contributed by atoms with van der Waals surface area (Å²) in [6.45, 7) is 0.299. The molecule has 98 valence electrons. The first-order chi connectivity index (χ1) is 8.38. The Hall–Kier alpha value is -1.47. The van der Waals surface area contributed by atoms with Gasteiger partial charge in [-0.05, 0) is 18.6 Å². The highest BCUT2D eigenvalue weighted by Gasteiger charge is 2.35. The standard InChI is InChI=1S/C11H13FN2O3S/c1-18(16,17)13-9-6-7-14(11(9)15)10-5-3-2-4-8(10)12/h2-5,9,13H,6-7H2,1H3/t9-/m0/s1. The maximum absolute atomic E-state index is 13.5. The van der Waals surface area contributed by atoms with E-state index in [0.29, 0.717) is 13.0 Å². The van der Waals surface area contributed by atoms with E-state index in [1.807, 2.05) is 0 Å². The molecule has 1 saturated heterocycles.